The summed E-state index contributed by atoms with van der Waals surface area (Å²) < 4.78 is 5.69. The Balaban J connectivity index is 1.97. The molecule has 15 heavy (non-hydrogen) atoms. The van der Waals surface area contributed by atoms with Gasteiger partial charge in [-0.05, 0) is 18.3 Å². The van der Waals surface area contributed by atoms with Gasteiger partial charge in [-0.3, -0.25) is 0 Å². The fourth-order valence-electron chi connectivity index (χ4n) is 2.44. The minimum Gasteiger partial charge on any atom is -0.386 e. The van der Waals surface area contributed by atoms with E-state index in [1.807, 2.05) is 6.08 Å². The number of aliphatic hydroxyl groups is 1. The summed E-state index contributed by atoms with van der Waals surface area (Å²) in [6.07, 6.45) is 8.51. The third-order valence-electron chi connectivity index (χ3n) is 3.41. The first kappa shape index (κ1) is 11.2. The minimum absolute atomic E-state index is 0.136. The van der Waals surface area contributed by atoms with E-state index in [4.69, 9.17) is 4.74 Å². The standard InChI is InChI=1S/C13H22O2/c1-12(2,3)9-7-10(14)13-8-5-4-6-11(13)15-13/h7,9-11,14H,4-6,8H2,1-3H3/b9-7+/t10-,11?,13?/m0/s1. The summed E-state index contributed by atoms with van der Waals surface area (Å²) in [4.78, 5) is 0. The van der Waals surface area contributed by atoms with E-state index in [1.54, 1.807) is 0 Å². The van der Waals surface area contributed by atoms with Crippen LogP contribution >= 0.6 is 0 Å². The lowest BCUT2D eigenvalue weighted by molar-refractivity contribution is 0.103. The summed E-state index contributed by atoms with van der Waals surface area (Å²) in [5.41, 5.74) is -0.0727. The molecule has 2 rings (SSSR count). The lowest BCUT2D eigenvalue weighted by atomic mass is 9.84. The Bertz CT molecular complexity index is 264. The summed E-state index contributed by atoms with van der Waals surface area (Å²) in [6, 6.07) is 0. The molecule has 2 nitrogen and oxygen atoms in total. The van der Waals surface area contributed by atoms with Gasteiger partial charge in [0.05, 0.1) is 6.10 Å². The van der Waals surface area contributed by atoms with Gasteiger partial charge in [0.1, 0.15) is 11.7 Å². The summed E-state index contributed by atoms with van der Waals surface area (Å²) in [5.74, 6) is 0. The van der Waals surface area contributed by atoms with E-state index >= 15 is 0 Å². The van der Waals surface area contributed by atoms with Gasteiger partial charge in [-0.2, -0.15) is 0 Å². The maximum absolute atomic E-state index is 10.1. The van der Waals surface area contributed by atoms with Gasteiger partial charge in [0.2, 0.25) is 0 Å². The zero-order valence-electron chi connectivity index (χ0n) is 9.99. The molecule has 0 amide bonds. The molecule has 86 valence electrons. The highest BCUT2D eigenvalue weighted by molar-refractivity contribution is 5.16. The topological polar surface area (TPSA) is 32.8 Å². The first-order valence-corrected chi connectivity index (χ1v) is 5.99. The first-order valence-electron chi connectivity index (χ1n) is 5.99. The molecular formula is C13H22O2. The van der Waals surface area contributed by atoms with E-state index in [1.165, 1.54) is 12.8 Å². The Kier molecular flexibility index (Phi) is 2.68. The lowest BCUT2D eigenvalue weighted by Gasteiger charge is -2.21. The predicted molar refractivity (Wildman–Crippen MR) is 60.7 cm³/mol. The van der Waals surface area contributed by atoms with Gasteiger partial charge < -0.3 is 9.84 Å². The number of ether oxygens (including phenoxy) is 1. The monoisotopic (exact) mass is 210 g/mol. The molecular weight excluding hydrogens is 188 g/mol. The predicted octanol–water partition coefficient (Wildman–Crippen LogP) is 2.66. The summed E-state index contributed by atoms with van der Waals surface area (Å²) in [7, 11) is 0. The molecule has 1 aliphatic heterocycles. The van der Waals surface area contributed by atoms with Crippen LogP contribution in [0, 0.1) is 5.41 Å². The summed E-state index contributed by atoms with van der Waals surface area (Å²) >= 11 is 0. The van der Waals surface area contributed by atoms with E-state index in [-0.39, 0.29) is 11.0 Å². The summed E-state index contributed by atoms with van der Waals surface area (Å²) in [6.45, 7) is 6.42. The van der Waals surface area contributed by atoms with Crippen LogP contribution in [0.3, 0.4) is 0 Å². The second-order valence-electron chi connectivity index (χ2n) is 5.98. The molecule has 0 radical (unpaired) electrons. The molecule has 2 aliphatic rings. The van der Waals surface area contributed by atoms with Crippen molar-refractivity contribution in [2.45, 2.75) is 64.3 Å². The smallest absolute Gasteiger partial charge is 0.124 e. The second kappa shape index (κ2) is 3.60. The van der Waals surface area contributed by atoms with Crippen LogP contribution in [0.2, 0.25) is 0 Å². The number of rotatable bonds is 2. The molecule has 3 atom stereocenters. The molecule has 2 fully saturated rings. The molecule has 1 saturated heterocycles. The second-order valence-corrected chi connectivity index (χ2v) is 5.98. The molecule has 1 saturated carbocycles. The van der Waals surface area contributed by atoms with Crippen LogP contribution in [0.25, 0.3) is 0 Å². The third kappa shape index (κ3) is 2.26. The van der Waals surface area contributed by atoms with Crippen molar-refractivity contribution in [1.29, 1.82) is 0 Å². The van der Waals surface area contributed by atoms with E-state index < -0.39 is 6.10 Å². The van der Waals surface area contributed by atoms with Crippen molar-refractivity contribution >= 4 is 0 Å². The number of hydrogen-bond acceptors (Lipinski definition) is 2. The van der Waals surface area contributed by atoms with Crippen LogP contribution in [0.15, 0.2) is 12.2 Å². The molecule has 1 heterocycles. The van der Waals surface area contributed by atoms with Gasteiger partial charge in [-0.15, -0.1) is 0 Å². The number of allylic oxidation sites excluding steroid dienone is 1. The normalized spacial score (nSPS) is 37.7. The average Bonchev–Trinajstić information content (AvgIpc) is 2.88. The highest BCUT2D eigenvalue weighted by atomic mass is 16.6. The summed E-state index contributed by atoms with van der Waals surface area (Å²) in [5, 5.41) is 10.1. The zero-order valence-corrected chi connectivity index (χ0v) is 9.99. The highest BCUT2D eigenvalue weighted by Crippen LogP contribution is 2.50. The fraction of sp³-hybridized carbons (Fsp3) is 0.846. The molecule has 0 aromatic rings. The van der Waals surface area contributed by atoms with E-state index in [9.17, 15) is 5.11 Å². The van der Waals surface area contributed by atoms with Crippen molar-refractivity contribution in [3.05, 3.63) is 12.2 Å². The van der Waals surface area contributed by atoms with Gasteiger partial charge in [0, 0.05) is 0 Å². The van der Waals surface area contributed by atoms with E-state index in [2.05, 4.69) is 26.8 Å². The van der Waals surface area contributed by atoms with Gasteiger partial charge in [-0.1, -0.05) is 45.8 Å². The largest absolute Gasteiger partial charge is 0.386 e. The van der Waals surface area contributed by atoms with Crippen molar-refractivity contribution < 1.29 is 9.84 Å². The van der Waals surface area contributed by atoms with Crippen molar-refractivity contribution in [2.24, 2.45) is 5.41 Å². The van der Waals surface area contributed by atoms with Crippen LogP contribution in [0.1, 0.15) is 46.5 Å². The van der Waals surface area contributed by atoms with E-state index in [0.29, 0.717) is 6.10 Å². The van der Waals surface area contributed by atoms with Crippen LogP contribution < -0.4 is 0 Å². The van der Waals surface area contributed by atoms with Gasteiger partial charge in [0.15, 0.2) is 0 Å². The maximum atomic E-state index is 10.1. The molecule has 1 aliphatic carbocycles. The molecule has 2 unspecified atom stereocenters. The first-order chi connectivity index (χ1) is 6.94. The number of aliphatic hydroxyl groups excluding tert-OH is 1. The molecule has 0 bridgehead atoms. The SMILES string of the molecule is CC(C)(C)/C=C/[C@H](O)C12CCCCC1O2. The molecule has 1 N–H and O–H groups in total. The lowest BCUT2D eigenvalue weighted by Crippen LogP contribution is -2.33. The quantitative estimate of drug-likeness (QED) is 0.561. The van der Waals surface area contributed by atoms with Gasteiger partial charge in [0.25, 0.3) is 0 Å². The number of epoxide rings is 1. The third-order valence-corrected chi connectivity index (χ3v) is 3.41. The minimum atomic E-state index is -0.415. The average molecular weight is 210 g/mol. The highest BCUT2D eigenvalue weighted by Gasteiger charge is 2.60. The Morgan fingerprint density at radius 2 is 2.13 bits per heavy atom. The Morgan fingerprint density at radius 1 is 1.40 bits per heavy atom. The molecule has 0 aromatic carbocycles. The Hall–Kier alpha value is -0.340. The van der Waals surface area contributed by atoms with Crippen molar-refractivity contribution in [3.8, 4) is 0 Å². The van der Waals surface area contributed by atoms with Gasteiger partial charge in [-0.25, -0.2) is 0 Å². The van der Waals surface area contributed by atoms with Crippen molar-refractivity contribution in [2.75, 3.05) is 0 Å². The number of hydrogen-bond donors (Lipinski definition) is 1. The zero-order chi connectivity index (χ0) is 11.1. The van der Waals surface area contributed by atoms with Crippen LogP contribution in [-0.4, -0.2) is 22.9 Å². The Morgan fingerprint density at radius 3 is 2.73 bits per heavy atom. The fourth-order valence-corrected chi connectivity index (χ4v) is 2.44. The Labute approximate surface area is 92.3 Å². The molecule has 0 spiro atoms. The van der Waals surface area contributed by atoms with Crippen LogP contribution in [0.4, 0.5) is 0 Å². The van der Waals surface area contributed by atoms with Gasteiger partial charge >= 0.3 is 0 Å². The van der Waals surface area contributed by atoms with Crippen LogP contribution in [-0.2, 0) is 4.74 Å². The molecule has 2 heteroatoms. The number of fused-ring (bicyclic) bond motifs is 1. The maximum Gasteiger partial charge on any atom is 0.124 e. The van der Waals surface area contributed by atoms with Crippen molar-refractivity contribution in [1.82, 2.24) is 0 Å². The van der Waals surface area contributed by atoms with Crippen LogP contribution in [0.5, 0.6) is 0 Å². The van der Waals surface area contributed by atoms with E-state index in [0.717, 1.165) is 12.8 Å². The molecule has 0 aromatic heterocycles. The van der Waals surface area contributed by atoms with Crippen molar-refractivity contribution in [3.63, 3.8) is 0 Å².